The number of aliphatic hydroxyl groups excluding tert-OH is 1. The van der Waals surface area contributed by atoms with E-state index in [0.717, 1.165) is 11.1 Å². The molecule has 110 valence electrons. The molecular formula is C14H19ClN2O3. The van der Waals surface area contributed by atoms with Crippen LogP contribution in [0.25, 0.3) is 0 Å². The second-order valence-electron chi connectivity index (χ2n) is 5.04. The molecule has 0 saturated carbocycles. The normalized spacial score (nSPS) is 28.4. The standard InChI is InChI=1S/C14H18N2O3.ClH/c17-12-7-9-3-1-2-4-10(9)13(12)16-14(18)11-8-19-6-5-15-11;/h1-4,11-13,15,17H,5-8H2,(H,16,18);1H/t11?,12-,13+;/m0./s1. The van der Waals surface area contributed by atoms with Gasteiger partial charge in [-0.15, -0.1) is 12.4 Å². The van der Waals surface area contributed by atoms with Gasteiger partial charge >= 0.3 is 0 Å². The fraction of sp³-hybridized carbons (Fsp3) is 0.500. The summed E-state index contributed by atoms with van der Waals surface area (Å²) in [6, 6.07) is 7.19. The fourth-order valence-corrected chi connectivity index (χ4v) is 2.74. The molecule has 1 aromatic carbocycles. The lowest BCUT2D eigenvalue weighted by atomic mass is 10.1. The van der Waals surface area contributed by atoms with E-state index < -0.39 is 6.10 Å². The molecular weight excluding hydrogens is 280 g/mol. The first-order chi connectivity index (χ1) is 9.25. The molecule has 0 radical (unpaired) electrons. The van der Waals surface area contributed by atoms with Crippen LogP contribution in [0, 0.1) is 0 Å². The Morgan fingerprint density at radius 2 is 2.20 bits per heavy atom. The highest BCUT2D eigenvalue weighted by Crippen LogP contribution is 2.31. The largest absolute Gasteiger partial charge is 0.390 e. The van der Waals surface area contributed by atoms with Gasteiger partial charge in [0.25, 0.3) is 0 Å². The average Bonchev–Trinajstić information content (AvgIpc) is 2.76. The molecule has 1 aliphatic carbocycles. The van der Waals surface area contributed by atoms with Crippen molar-refractivity contribution in [3.8, 4) is 0 Å². The number of ether oxygens (including phenoxy) is 1. The van der Waals surface area contributed by atoms with Crippen molar-refractivity contribution in [1.29, 1.82) is 0 Å². The lowest BCUT2D eigenvalue weighted by Gasteiger charge is -2.26. The molecule has 1 saturated heterocycles. The highest BCUT2D eigenvalue weighted by molar-refractivity contribution is 5.85. The second kappa shape index (κ2) is 6.54. The summed E-state index contributed by atoms with van der Waals surface area (Å²) in [7, 11) is 0. The van der Waals surface area contributed by atoms with E-state index in [2.05, 4.69) is 10.6 Å². The lowest BCUT2D eigenvalue weighted by molar-refractivity contribution is -0.127. The zero-order chi connectivity index (χ0) is 13.2. The van der Waals surface area contributed by atoms with Crippen LogP contribution in [0.2, 0.25) is 0 Å². The Hall–Kier alpha value is -1.14. The zero-order valence-corrected chi connectivity index (χ0v) is 11.9. The van der Waals surface area contributed by atoms with Crippen LogP contribution >= 0.6 is 12.4 Å². The number of halogens is 1. The number of morpholine rings is 1. The van der Waals surface area contributed by atoms with Crippen LogP contribution in [-0.2, 0) is 16.0 Å². The molecule has 1 aliphatic heterocycles. The van der Waals surface area contributed by atoms with Gasteiger partial charge in [-0.3, -0.25) is 4.79 Å². The molecule has 1 fully saturated rings. The number of hydrogen-bond acceptors (Lipinski definition) is 4. The van der Waals surface area contributed by atoms with Crippen LogP contribution in [0.1, 0.15) is 17.2 Å². The van der Waals surface area contributed by atoms with Gasteiger partial charge in [-0.05, 0) is 11.1 Å². The van der Waals surface area contributed by atoms with Gasteiger partial charge < -0.3 is 20.5 Å². The number of rotatable bonds is 2. The maximum atomic E-state index is 12.1. The summed E-state index contributed by atoms with van der Waals surface area (Å²) >= 11 is 0. The monoisotopic (exact) mass is 298 g/mol. The SMILES string of the molecule is Cl.O=C(N[C@@H]1c2ccccc2C[C@@H]1O)C1COCCN1. The highest BCUT2D eigenvalue weighted by atomic mass is 35.5. The summed E-state index contributed by atoms with van der Waals surface area (Å²) in [5.41, 5.74) is 2.12. The zero-order valence-electron chi connectivity index (χ0n) is 11.0. The van der Waals surface area contributed by atoms with E-state index in [-0.39, 0.29) is 30.4 Å². The van der Waals surface area contributed by atoms with Gasteiger partial charge in [-0.25, -0.2) is 0 Å². The van der Waals surface area contributed by atoms with Crippen LogP contribution < -0.4 is 10.6 Å². The van der Waals surface area contributed by atoms with E-state index in [1.165, 1.54) is 0 Å². The Morgan fingerprint density at radius 1 is 1.40 bits per heavy atom. The molecule has 1 amide bonds. The number of carbonyl (C=O) groups is 1. The van der Waals surface area contributed by atoms with Gasteiger partial charge in [0.05, 0.1) is 25.4 Å². The first kappa shape index (κ1) is 15.3. The van der Waals surface area contributed by atoms with Crippen molar-refractivity contribution < 1.29 is 14.6 Å². The van der Waals surface area contributed by atoms with Gasteiger partial charge in [0.2, 0.25) is 5.91 Å². The Bertz CT molecular complexity index is 477. The number of amides is 1. The predicted molar refractivity (Wildman–Crippen MR) is 76.9 cm³/mol. The van der Waals surface area contributed by atoms with E-state index in [1.807, 2.05) is 24.3 Å². The molecule has 5 nitrogen and oxygen atoms in total. The van der Waals surface area contributed by atoms with Gasteiger partial charge in [0, 0.05) is 13.0 Å². The van der Waals surface area contributed by atoms with Crippen molar-refractivity contribution in [3.63, 3.8) is 0 Å². The van der Waals surface area contributed by atoms with E-state index in [1.54, 1.807) is 0 Å². The molecule has 0 bridgehead atoms. The Labute approximate surface area is 124 Å². The maximum absolute atomic E-state index is 12.1. The Balaban J connectivity index is 0.00000147. The molecule has 0 aromatic heterocycles. The van der Waals surface area contributed by atoms with Crippen molar-refractivity contribution in [2.45, 2.75) is 24.6 Å². The summed E-state index contributed by atoms with van der Waals surface area (Å²) < 4.78 is 5.28. The van der Waals surface area contributed by atoms with Crippen LogP contribution in [0.4, 0.5) is 0 Å². The minimum absolute atomic E-state index is 0. The van der Waals surface area contributed by atoms with Gasteiger partial charge in [-0.1, -0.05) is 24.3 Å². The second-order valence-corrected chi connectivity index (χ2v) is 5.04. The molecule has 2 aliphatic rings. The van der Waals surface area contributed by atoms with E-state index >= 15 is 0 Å². The van der Waals surface area contributed by atoms with Crippen molar-refractivity contribution in [2.75, 3.05) is 19.8 Å². The number of hydrogen-bond donors (Lipinski definition) is 3. The molecule has 6 heteroatoms. The third-order valence-electron chi connectivity index (χ3n) is 3.74. The van der Waals surface area contributed by atoms with Crippen molar-refractivity contribution in [2.24, 2.45) is 0 Å². The predicted octanol–water partition coefficient (Wildman–Crippen LogP) is 0.171. The molecule has 20 heavy (non-hydrogen) atoms. The lowest BCUT2D eigenvalue weighted by Crippen LogP contribution is -2.52. The fourth-order valence-electron chi connectivity index (χ4n) is 2.74. The number of benzene rings is 1. The van der Waals surface area contributed by atoms with Crippen molar-refractivity contribution in [1.82, 2.24) is 10.6 Å². The minimum Gasteiger partial charge on any atom is -0.390 e. The van der Waals surface area contributed by atoms with Crippen molar-refractivity contribution in [3.05, 3.63) is 35.4 Å². The van der Waals surface area contributed by atoms with Crippen LogP contribution in [0.3, 0.4) is 0 Å². The molecule has 1 unspecified atom stereocenters. The third-order valence-corrected chi connectivity index (χ3v) is 3.74. The first-order valence-corrected chi connectivity index (χ1v) is 6.63. The smallest absolute Gasteiger partial charge is 0.240 e. The Morgan fingerprint density at radius 3 is 2.95 bits per heavy atom. The van der Waals surface area contributed by atoms with Crippen LogP contribution in [0.5, 0.6) is 0 Å². The summed E-state index contributed by atoms with van der Waals surface area (Å²) in [4.78, 5) is 12.1. The topological polar surface area (TPSA) is 70.6 Å². The molecule has 1 aromatic rings. The number of aliphatic hydroxyl groups is 1. The average molecular weight is 299 g/mol. The summed E-state index contributed by atoms with van der Waals surface area (Å²) in [5.74, 6) is -0.111. The van der Waals surface area contributed by atoms with E-state index in [4.69, 9.17) is 4.74 Å². The molecule has 3 rings (SSSR count). The number of carbonyl (C=O) groups excluding carboxylic acids is 1. The van der Waals surface area contributed by atoms with Gasteiger partial charge in [-0.2, -0.15) is 0 Å². The third kappa shape index (κ3) is 2.96. The quantitative estimate of drug-likeness (QED) is 0.728. The maximum Gasteiger partial charge on any atom is 0.240 e. The summed E-state index contributed by atoms with van der Waals surface area (Å²) in [5, 5.41) is 16.1. The minimum atomic E-state index is -0.550. The summed E-state index contributed by atoms with van der Waals surface area (Å²) in [6.07, 6.45) is 0.0428. The van der Waals surface area contributed by atoms with E-state index in [0.29, 0.717) is 26.2 Å². The first-order valence-electron chi connectivity index (χ1n) is 6.63. The summed E-state index contributed by atoms with van der Waals surface area (Å²) in [6.45, 7) is 1.71. The van der Waals surface area contributed by atoms with Gasteiger partial charge in [0.15, 0.2) is 0 Å². The molecule has 3 atom stereocenters. The van der Waals surface area contributed by atoms with Crippen molar-refractivity contribution >= 4 is 18.3 Å². The van der Waals surface area contributed by atoms with Crippen LogP contribution in [0.15, 0.2) is 24.3 Å². The highest BCUT2D eigenvalue weighted by Gasteiger charge is 2.33. The van der Waals surface area contributed by atoms with Gasteiger partial charge in [0.1, 0.15) is 6.04 Å². The molecule has 0 spiro atoms. The number of nitrogens with one attached hydrogen (secondary N) is 2. The van der Waals surface area contributed by atoms with E-state index in [9.17, 15) is 9.90 Å². The number of fused-ring (bicyclic) bond motifs is 1. The molecule has 1 heterocycles. The Kier molecular flexibility index (Phi) is 4.99. The molecule has 3 N–H and O–H groups in total. The van der Waals surface area contributed by atoms with Crippen LogP contribution in [-0.4, -0.2) is 42.9 Å².